The van der Waals surface area contributed by atoms with Crippen LogP contribution in [0.5, 0.6) is 11.5 Å². The van der Waals surface area contributed by atoms with Gasteiger partial charge in [0.15, 0.2) is 5.15 Å². The van der Waals surface area contributed by atoms with Gasteiger partial charge in [0.2, 0.25) is 0 Å². The maximum atomic E-state index is 5.99. The van der Waals surface area contributed by atoms with E-state index in [1.807, 2.05) is 30.3 Å². The molecule has 0 saturated heterocycles. The molecule has 0 atom stereocenters. The highest BCUT2D eigenvalue weighted by Crippen LogP contribution is 2.26. The van der Waals surface area contributed by atoms with E-state index in [2.05, 4.69) is 10.3 Å². The standard InChI is InChI=1S/C14H15ClN2O2/c1-18-11-6-5-10(13(8-11)19-2)9-17-12-4-3-7-16-14(12)15/h3-8,17H,9H2,1-2H3. The van der Waals surface area contributed by atoms with Crippen LogP contribution in [0.3, 0.4) is 0 Å². The van der Waals surface area contributed by atoms with E-state index in [0.717, 1.165) is 22.7 Å². The highest BCUT2D eigenvalue weighted by atomic mass is 35.5. The zero-order valence-corrected chi connectivity index (χ0v) is 11.6. The van der Waals surface area contributed by atoms with Crippen molar-refractivity contribution in [3.05, 3.63) is 47.2 Å². The normalized spacial score (nSPS) is 10.1. The summed E-state index contributed by atoms with van der Waals surface area (Å²) in [6.45, 7) is 0.596. The fraction of sp³-hybridized carbons (Fsp3) is 0.214. The van der Waals surface area contributed by atoms with Crippen molar-refractivity contribution < 1.29 is 9.47 Å². The average Bonchev–Trinajstić information content (AvgIpc) is 2.46. The molecule has 1 aromatic heterocycles. The van der Waals surface area contributed by atoms with Crippen molar-refractivity contribution in [3.8, 4) is 11.5 Å². The Bertz CT molecular complexity index is 561. The Morgan fingerprint density at radius 3 is 2.74 bits per heavy atom. The fourth-order valence-corrected chi connectivity index (χ4v) is 1.89. The van der Waals surface area contributed by atoms with Crippen molar-refractivity contribution >= 4 is 17.3 Å². The van der Waals surface area contributed by atoms with E-state index in [1.54, 1.807) is 20.4 Å². The third-order valence-electron chi connectivity index (χ3n) is 2.72. The largest absolute Gasteiger partial charge is 0.497 e. The van der Waals surface area contributed by atoms with Gasteiger partial charge in [-0.25, -0.2) is 4.98 Å². The van der Waals surface area contributed by atoms with Crippen LogP contribution >= 0.6 is 11.6 Å². The SMILES string of the molecule is COc1ccc(CNc2cccnc2Cl)c(OC)c1. The van der Waals surface area contributed by atoms with Crippen LogP contribution in [0.2, 0.25) is 5.15 Å². The van der Waals surface area contributed by atoms with Crippen molar-refractivity contribution in [2.24, 2.45) is 0 Å². The Hall–Kier alpha value is -1.94. The highest BCUT2D eigenvalue weighted by molar-refractivity contribution is 6.31. The number of halogens is 1. The third kappa shape index (κ3) is 3.29. The average molecular weight is 279 g/mol. The molecule has 2 aromatic rings. The smallest absolute Gasteiger partial charge is 0.152 e. The van der Waals surface area contributed by atoms with Gasteiger partial charge in [-0.1, -0.05) is 11.6 Å². The van der Waals surface area contributed by atoms with Gasteiger partial charge in [-0.2, -0.15) is 0 Å². The molecule has 0 amide bonds. The number of anilines is 1. The number of nitrogens with one attached hydrogen (secondary N) is 1. The minimum atomic E-state index is 0.454. The number of rotatable bonds is 5. The molecule has 0 aliphatic carbocycles. The summed E-state index contributed by atoms with van der Waals surface area (Å²) in [5, 5.41) is 3.68. The Morgan fingerprint density at radius 1 is 1.21 bits per heavy atom. The second-order valence-corrected chi connectivity index (χ2v) is 4.23. The number of pyridine rings is 1. The Morgan fingerprint density at radius 2 is 2.05 bits per heavy atom. The van der Waals surface area contributed by atoms with Gasteiger partial charge in [-0.3, -0.25) is 0 Å². The third-order valence-corrected chi connectivity index (χ3v) is 3.02. The summed E-state index contributed by atoms with van der Waals surface area (Å²) in [6.07, 6.45) is 1.65. The second-order valence-electron chi connectivity index (χ2n) is 3.87. The van der Waals surface area contributed by atoms with Gasteiger partial charge in [0.05, 0.1) is 19.9 Å². The lowest BCUT2D eigenvalue weighted by Gasteiger charge is -2.12. The van der Waals surface area contributed by atoms with Crippen LogP contribution in [0, 0.1) is 0 Å². The quantitative estimate of drug-likeness (QED) is 0.852. The molecule has 0 aliphatic heterocycles. The molecule has 0 fully saturated rings. The molecule has 0 bridgehead atoms. The summed E-state index contributed by atoms with van der Waals surface area (Å²) in [5.74, 6) is 1.53. The first-order valence-electron chi connectivity index (χ1n) is 5.80. The van der Waals surface area contributed by atoms with E-state index >= 15 is 0 Å². The van der Waals surface area contributed by atoms with Gasteiger partial charge in [-0.15, -0.1) is 0 Å². The van der Waals surface area contributed by atoms with E-state index in [9.17, 15) is 0 Å². The van der Waals surface area contributed by atoms with E-state index in [0.29, 0.717) is 11.7 Å². The molecule has 1 N–H and O–H groups in total. The molecule has 0 unspecified atom stereocenters. The van der Waals surface area contributed by atoms with Crippen LogP contribution in [-0.2, 0) is 6.54 Å². The molecule has 4 nitrogen and oxygen atoms in total. The number of methoxy groups -OCH3 is 2. The molecular formula is C14H15ClN2O2. The first-order chi connectivity index (χ1) is 9.24. The van der Waals surface area contributed by atoms with E-state index < -0.39 is 0 Å². The van der Waals surface area contributed by atoms with E-state index in [-0.39, 0.29) is 0 Å². The van der Waals surface area contributed by atoms with Gasteiger partial charge in [0.25, 0.3) is 0 Å². The molecule has 0 spiro atoms. The zero-order chi connectivity index (χ0) is 13.7. The zero-order valence-electron chi connectivity index (χ0n) is 10.8. The molecule has 0 radical (unpaired) electrons. The van der Waals surface area contributed by atoms with Crippen molar-refractivity contribution in [1.82, 2.24) is 4.98 Å². The lowest BCUT2D eigenvalue weighted by Crippen LogP contribution is -2.02. The summed E-state index contributed by atoms with van der Waals surface area (Å²) in [5.41, 5.74) is 1.81. The lowest BCUT2D eigenvalue weighted by molar-refractivity contribution is 0.391. The van der Waals surface area contributed by atoms with E-state index in [1.165, 1.54) is 0 Å². The number of ether oxygens (including phenoxy) is 2. The molecule has 0 saturated carbocycles. The monoisotopic (exact) mass is 278 g/mol. The highest BCUT2D eigenvalue weighted by Gasteiger charge is 2.06. The molecule has 2 rings (SSSR count). The van der Waals surface area contributed by atoms with E-state index in [4.69, 9.17) is 21.1 Å². The minimum absolute atomic E-state index is 0.454. The van der Waals surface area contributed by atoms with Crippen LogP contribution in [0.15, 0.2) is 36.5 Å². The van der Waals surface area contributed by atoms with Crippen LogP contribution in [0.1, 0.15) is 5.56 Å². The number of nitrogens with zero attached hydrogens (tertiary/aromatic N) is 1. The molecule has 1 heterocycles. The Labute approximate surface area is 117 Å². The summed E-state index contributed by atoms with van der Waals surface area (Å²) in [6, 6.07) is 9.41. The Balaban J connectivity index is 2.13. The molecule has 5 heteroatoms. The van der Waals surface area contributed by atoms with Gasteiger partial charge >= 0.3 is 0 Å². The van der Waals surface area contributed by atoms with Gasteiger partial charge in [0, 0.05) is 24.4 Å². The number of hydrogen-bond acceptors (Lipinski definition) is 4. The van der Waals surface area contributed by atoms with Gasteiger partial charge < -0.3 is 14.8 Å². The van der Waals surface area contributed by atoms with Crippen molar-refractivity contribution in [1.29, 1.82) is 0 Å². The molecule has 19 heavy (non-hydrogen) atoms. The minimum Gasteiger partial charge on any atom is -0.497 e. The number of aromatic nitrogens is 1. The van der Waals surface area contributed by atoms with Crippen molar-refractivity contribution in [2.75, 3.05) is 19.5 Å². The summed E-state index contributed by atoms with van der Waals surface area (Å²) in [7, 11) is 3.26. The van der Waals surface area contributed by atoms with Gasteiger partial charge in [0.1, 0.15) is 11.5 Å². The first-order valence-corrected chi connectivity index (χ1v) is 6.17. The number of benzene rings is 1. The molecule has 100 valence electrons. The second kappa shape index (κ2) is 6.29. The maximum Gasteiger partial charge on any atom is 0.152 e. The van der Waals surface area contributed by atoms with Gasteiger partial charge in [-0.05, 0) is 24.3 Å². The molecule has 1 aromatic carbocycles. The van der Waals surface area contributed by atoms with Crippen molar-refractivity contribution in [3.63, 3.8) is 0 Å². The predicted octanol–water partition coefficient (Wildman–Crippen LogP) is 3.36. The summed E-state index contributed by atoms with van der Waals surface area (Å²) in [4.78, 5) is 4.01. The fourth-order valence-electron chi connectivity index (χ4n) is 1.71. The maximum absolute atomic E-state index is 5.99. The van der Waals surface area contributed by atoms with Crippen LogP contribution < -0.4 is 14.8 Å². The Kier molecular flexibility index (Phi) is 4.47. The van der Waals surface area contributed by atoms with Crippen LogP contribution in [0.4, 0.5) is 5.69 Å². The predicted molar refractivity (Wildman–Crippen MR) is 76.1 cm³/mol. The lowest BCUT2D eigenvalue weighted by atomic mass is 10.2. The molecular weight excluding hydrogens is 264 g/mol. The topological polar surface area (TPSA) is 43.4 Å². The van der Waals surface area contributed by atoms with Crippen LogP contribution in [-0.4, -0.2) is 19.2 Å². The number of hydrogen-bond donors (Lipinski definition) is 1. The molecule has 0 aliphatic rings. The van der Waals surface area contributed by atoms with Crippen LogP contribution in [0.25, 0.3) is 0 Å². The summed E-state index contributed by atoms with van der Waals surface area (Å²) >= 11 is 5.99. The van der Waals surface area contributed by atoms with Crippen molar-refractivity contribution in [2.45, 2.75) is 6.54 Å². The summed E-state index contributed by atoms with van der Waals surface area (Å²) < 4.78 is 10.5. The first kappa shape index (κ1) is 13.5.